The summed E-state index contributed by atoms with van der Waals surface area (Å²) in [6, 6.07) is 0. The summed E-state index contributed by atoms with van der Waals surface area (Å²) in [5, 5.41) is 0.350. The number of nitrogens with zero attached hydrogens (tertiary/aromatic N) is 1. The van der Waals surface area contributed by atoms with E-state index in [1.54, 1.807) is 0 Å². The van der Waals surface area contributed by atoms with Crippen LogP contribution in [0.15, 0.2) is 0 Å². The van der Waals surface area contributed by atoms with Gasteiger partial charge in [0.25, 0.3) is 0 Å². The van der Waals surface area contributed by atoms with Crippen LogP contribution < -0.4 is 5.84 Å². The first-order chi connectivity index (χ1) is 7.68. The van der Waals surface area contributed by atoms with Crippen molar-refractivity contribution < 1.29 is 19.3 Å². The molecule has 1 rings (SSSR count). The third-order valence-electron chi connectivity index (χ3n) is 2.40. The molecule has 2 N–H and O–H groups in total. The second kappa shape index (κ2) is 7.19. The molecule has 6 heteroatoms. The Balaban J connectivity index is 2.39. The lowest BCUT2D eigenvalue weighted by Gasteiger charge is -2.13. The Morgan fingerprint density at radius 1 is 0.812 bits per heavy atom. The van der Waals surface area contributed by atoms with Crippen LogP contribution >= 0.6 is 0 Å². The third-order valence-corrected chi connectivity index (χ3v) is 2.40. The van der Waals surface area contributed by atoms with Crippen LogP contribution in [0.5, 0.6) is 0 Å². The van der Waals surface area contributed by atoms with Crippen molar-refractivity contribution in [3.63, 3.8) is 0 Å². The molecule has 1 aliphatic heterocycles. The van der Waals surface area contributed by atoms with E-state index in [1.807, 2.05) is 0 Å². The molecule has 92 valence electrons. The molecule has 0 bridgehead atoms. The molecule has 0 atom stereocenters. The minimum Gasteiger partial charge on any atom is -0.319 e. The molecule has 0 aliphatic carbocycles. The number of rotatable bonds is 0. The van der Waals surface area contributed by atoms with Gasteiger partial charge in [-0.3, -0.25) is 9.59 Å². The number of carbonyl (C=O) groups excluding carboxylic acids is 2. The molecule has 0 unspecified atom stereocenters. The molecule has 0 aromatic carbocycles. The second-order valence-corrected chi connectivity index (χ2v) is 3.83. The van der Waals surface area contributed by atoms with E-state index >= 15 is 0 Å². The van der Waals surface area contributed by atoms with Crippen molar-refractivity contribution in [2.45, 2.75) is 51.4 Å². The normalized spacial score (nSPS) is 22.3. The molecule has 1 fully saturated rings. The van der Waals surface area contributed by atoms with E-state index in [9.17, 15) is 9.59 Å². The molecule has 1 saturated heterocycles. The van der Waals surface area contributed by atoms with Gasteiger partial charge >= 0.3 is 11.9 Å². The standard InChI is InChI=1S/C10H18N2O4/c11-12-15-9(13)7-5-3-1-2-4-6-8-10(14)16-12/h1-8,11H2. The highest BCUT2D eigenvalue weighted by Crippen LogP contribution is 2.10. The van der Waals surface area contributed by atoms with Crippen LogP contribution in [0.1, 0.15) is 51.4 Å². The van der Waals surface area contributed by atoms with E-state index in [0.717, 1.165) is 38.5 Å². The zero-order chi connectivity index (χ0) is 11.8. The summed E-state index contributed by atoms with van der Waals surface area (Å²) in [7, 11) is 0. The van der Waals surface area contributed by atoms with Crippen LogP contribution in [0.2, 0.25) is 0 Å². The Hall–Kier alpha value is -1.14. The van der Waals surface area contributed by atoms with Crippen LogP contribution in [0.25, 0.3) is 0 Å². The third kappa shape index (κ3) is 5.67. The smallest absolute Gasteiger partial charge is 0.319 e. The maximum atomic E-state index is 11.2. The van der Waals surface area contributed by atoms with Gasteiger partial charge in [0.05, 0.1) is 0 Å². The van der Waals surface area contributed by atoms with Crippen molar-refractivity contribution in [1.82, 2.24) is 5.34 Å². The zero-order valence-electron chi connectivity index (χ0n) is 9.31. The van der Waals surface area contributed by atoms with Gasteiger partial charge in [-0.25, -0.2) is 0 Å². The molecule has 0 aromatic heterocycles. The van der Waals surface area contributed by atoms with Gasteiger partial charge in [0.1, 0.15) is 5.34 Å². The van der Waals surface area contributed by atoms with Gasteiger partial charge in [-0.05, 0) is 12.8 Å². The molecular weight excluding hydrogens is 212 g/mol. The summed E-state index contributed by atoms with van der Waals surface area (Å²) in [4.78, 5) is 31.5. The first-order valence-electron chi connectivity index (χ1n) is 5.65. The summed E-state index contributed by atoms with van der Waals surface area (Å²) in [5.41, 5.74) is 0. The number of hydrazine groups is 1. The summed E-state index contributed by atoms with van der Waals surface area (Å²) in [6.07, 6.45) is 6.30. The van der Waals surface area contributed by atoms with Crippen molar-refractivity contribution in [2.24, 2.45) is 5.84 Å². The quantitative estimate of drug-likeness (QED) is 0.630. The minimum absolute atomic E-state index is 0.297. The molecule has 0 saturated carbocycles. The van der Waals surface area contributed by atoms with Crippen molar-refractivity contribution in [2.75, 3.05) is 0 Å². The SMILES string of the molecule is NN1OC(=O)CCCCCCCCC(=O)O1. The minimum atomic E-state index is -0.477. The van der Waals surface area contributed by atoms with E-state index in [4.69, 9.17) is 5.84 Å². The molecule has 0 spiro atoms. The lowest BCUT2D eigenvalue weighted by Crippen LogP contribution is -2.36. The Kier molecular flexibility index (Phi) is 5.81. The predicted octanol–water partition coefficient (Wildman–Crippen LogP) is 1.21. The molecule has 16 heavy (non-hydrogen) atoms. The first-order valence-corrected chi connectivity index (χ1v) is 5.65. The summed E-state index contributed by atoms with van der Waals surface area (Å²) >= 11 is 0. The van der Waals surface area contributed by atoms with Gasteiger partial charge < -0.3 is 9.68 Å². The molecule has 1 aliphatic rings. The first kappa shape index (κ1) is 12.9. The largest absolute Gasteiger partial charge is 0.330 e. The number of nitrogens with two attached hydrogens (primary N) is 1. The monoisotopic (exact) mass is 230 g/mol. The van der Waals surface area contributed by atoms with E-state index in [2.05, 4.69) is 9.68 Å². The fraction of sp³-hybridized carbons (Fsp3) is 0.800. The van der Waals surface area contributed by atoms with Crippen LogP contribution in [-0.2, 0) is 19.3 Å². The van der Waals surface area contributed by atoms with Crippen molar-refractivity contribution >= 4 is 11.9 Å². The van der Waals surface area contributed by atoms with E-state index in [0.29, 0.717) is 18.2 Å². The highest BCUT2D eigenvalue weighted by molar-refractivity contribution is 5.70. The summed E-state index contributed by atoms with van der Waals surface area (Å²) in [5.74, 6) is 4.23. The topological polar surface area (TPSA) is 81.9 Å². The second-order valence-electron chi connectivity index (χ2n) is 3.83. The molecule has 0 aromatic rings. The van der Waals surface area contributed by atoms with Gasteiger partial charge in [0.2, 0.25) is 0 Å². The van der Waals surface area contributed by atoms with Crippen LogP contribution in [-0.4, -0.2) is 17.3 Å². The highest BCUT2D eigenvalue weighted by atomic mass is 17.0. The molecule has 1 heterocycles. The maximum absolute atomic E-state index is 11.2. The van der Waals surface area contributed by atoms with E-state index in [-0.39, 0.29) is 0 Å². The van der Waals surface area contributed by atoms with Crippen LogP contribution in [0.3, 0.4) is 0 Å². The average molecular weight is 230 g/mol. The highest BCUT2D eigenvalue weighted by Gasteiger charge is 2.13. The van der Waals surface area contributed by atoms with Gasteiger partial charge in [-0.15, -0.1) is 0 Å². The van der Waals surface area contributed by atoms with E-state index in [1.165, 1.54) is 0 Å². The van der Waals surface area contributed by atoms with E-state index < -0.39 is 11.9 Å². The van der Waals surface area contributed by atoms with Gasteiger partial charge in [0, 0.05) is 12.8 Å². The Bertz CT molecular complexity index is 221. The summed E-state index contributed by atoms with van der Waals surface area (Å²) in [6.45, 7) is 0. The Labute approximate surface area is 94.5 Å². The number of carbonyl (C=O) groups is 2. The Morgan fingerprint density at radius 2 is 1.19 bits per heavy atom. The number of hydrogen-bond acceptors (Lipinski definition) is 6. The fourth-order valence-corrected chi connectivity index (χ4v) is 1.56. The fourth-order valence-electron chi connectivity index (χ4n) is 1.56. The van der Waals surface area contributed by atoms with Crippen LogP contribution in [0, 0.1) is 0 Å². The van der Waals surface area contributed by atoms with Crippen molar-refractivity contribution in [1.29, 1.82) is 0 Å². The Morgan fingerprint density at radius 3 is 1.62 bits per heavy atom. The van der Waals surface area contributed by atoms with Gasteiger partial charge in [-0.2, -0.15) is 5.84 Å². The molecule has 6 nitrogen and oxygen atoms in total. The maximum Gasteiger partial charge on any atom is 0.330 e. The van der Waals surface area contributed by atoms with Crippen LogP contribution in [0.4, 0.5) is 0 Å². The molecular formula is C10H18N2O4. The zero-order valence-corrected chi connectivity index (χ0v) is 9.31. The summed E-state index contributed by atoms with van der Waals surface area (Å²) < 4.78 is 0. The molecule has 0 amide bonds. The average Bonchev–Trinajstić information content (AvgIpc) is 2.21. The van der Waals surface area contributed by atoms with Crippen molar-refractivity contribution in [3.8, 4) is 0 Å². The van der Waals surface area contributed by atoms with Gasteiger partial charge in [-0.1, -0.05) is 25.7 Å². The van der Waals surface area contributed by atoms with Crippen molar-refractivity contribution in [3.05, 3.63) is 0 Å². The lowest BCUT2D eigenvalue weighted by molar-refractivity contribution is -0.328. The van der Waals surface area contributed by atoms with Gasteiger partial charge in [0.15, 0.2) is 0 Å². The predicted molar refractivity (Wildman–Crippen MR) is 55.1 cm³/mol. The number of hydrogen-bond donors (Lipinski definition) is 1. The molecule has 0 radical (unpaired) electrons. The lowest BCUT2D eigenvalue weighted by atomic mass is 10.1.